The zero-order valence-corrected chi connectivity index (χ0v) is 31.7. The van der Waals surface area contributed by atoms with Gasteiger partial charge < -0.3 is 0 Å². The van der Waals surface area contributed by atoms with Crippen molar-refractivity contribution in [2.45, 2.75) is 259 Å². The standard InChI is InChI=1S/C43H85N2/c1-4-7-10-12-14-16-18-20-22-23-24-25-27-29-31-33-35-38-43-44(39-36-9-6-3)41-42-45(43)40-37-34-32-30-28-26-21-19-17-15-13-11-8-5-2/h41-42H,4-40H2,1-3H3/q+1. The van der Waals surface area contributed by atoms with Gasteiger partial charge in [-0.2, -0.15) is 0 Å². The molecule has 0 spiro atoms. The first-order chi connectivity index (χ1) is 22.3. The fraction of sp³-hybridized carbons (Fsp3) is 0.930. The quantitative estimate of drug-likeness (QED) is 0.0511. The molecule has 0 aromatic carbocycles. The van der Waals surface area contributed by atoms with E-state index in [0.29, 0.717) is 0 Å². The Morgan fingerprint density at radius 3 is 1.07 bits per heavy atom. The first kappa shape index (κ1) is 42.2. The molecule has 1 rings (SSSR count). The molecule has 266 valence electrons. The number of hydrogen-bond donors (Lipinski definition) is 0. The topological polar surface area (TPSA) is 8.81 Å². The first-order valence-electron chi connectivity index (χ1n) is 21.4. The average Bonchev–Trinajstić information content (AvgIpc) is 3.43. The van der Waals surface area contributed by atoms with Gasteiger partial charge in [-0.05, 0) is 32.1 Å². The maximum atomic E-state index is 2.62. The summed E-state index contributed by atoms with van der Waals surface area (Å²) in [6, 6.07) is 0. The lowest BCUT2D eigenvalue weighted by molar-refractivity contribution is -0.704. The predicted molar refractivity (Wildman–Crippen MR) is 202 cm³/mol. The molecule has 0 atom stereocenters. The van der Waals surface area contributed by atoms with E-state index < -0.39 is 0 Å². The summed E-state index contributed by atoms with van der Waals surface area (Å²) in [6.07, 6.45) is 54.9. The van der Waals surface area contributed by atoms with E-state index in [0.717, 1.165) is 0 Å². The Kier molecular flexibility index (Phi) is 32.4. The van der Waals surface area contributed by atoms with Gasteiger partial charge in [0.05, 0.1) is 13.1 Å². The van der Waals surface area contributed by atoms with Crippen LogP contribution >= 0.6 is 0 Å². The predicted octanol–water partition coefficient (Wildman–Crippen LogP) is 14.6. The first-order valence-corrected chi connectivity index (χ1v) is 21.4. The molecule has 0 fully saturated rings. The van der Waals surface area contributed by atoms with Crippen LogP contribution < -0.4 is 4.57 Å². The molecule has 1 heterocycles. The van der Waals surface area contributed by atoms with E-state index in [2.05, 4.69) is 42.3 Å². The lowest BCUT2D eigenvalue weighted by Gasteiger charge is -2.07. The number of aryl methyl sites for hydroxylation is 2. The summed E-state index contributed by atoms with van der Waals surface area (Å²) in [5.74, 6) is 1.61. The normalized spacial score (nSPS) is 11.6. The molecular weight excluding hydrogens is 544 g/mol. The van der Waals surface area contributed by atoms with Gasteiger partial charge in [0.1, 0.15) is 12.4 Å². The Morgan fingerprint density at radius 1 is 0.378 bits per heavy atom. The van der Waals surface area contributed by atoms with Crippen LogP contribution in [-0.4, -0.2) is 4.57 Å². The molecule has 0 radical (unpaired) electrons. The Bertz CT molecular complexity index is 692. The Hall–Kier alpha value is -0.790. The van der Waals surface area contributed by atoms with Crippen molar-refractivity contribution in [2.24, 2.45) is 0 Å². The third-order valence-electron chi connectivity index (χ3n) is 10.3. The minimum absolute atomic E-state index is 1.22. The number of hydrogen-bond acceptors (Lipinski definition) is 0. The van der Waals surface area contributed by atoms with Crippen molar-refractivity contribution in [3.05, 3.63) is 18.2 Å². The molecule has 2 nitrogen and oxygen atoms in total. The van der Waals surface area contributed by atoms with Crippen molar-refractivity contribution < 1.29 is 4.57 Å². The van der Waals surface area contributed by atoms with Gasteiger partial charge in [-0.3, -0.25) is 0 Å². The Balaban J connectivity index is 2.09. The zero-order valence-electron chi connectivity index (χ0n) is 31.7. The summed E-state index contributed by atoms with van der Waals surface area (Å²) < 4.78 is 5.23. The zero-order chi connectivity index (χ0) is 32.3. The molecule has 1 aromatic rings. The van der Waals surface area contributed by atoms with Crippen LogP contribution in [0.3, 0.4) is 0 Å². The van der Waals surface area contributed by atoms with E-state index in [9.17, 15) is 0 Å². The third kappa shape index (κ3) is 26.9. The summed E-state index contributed by atoms with van der Waals surface area (Å²) in [5, 5.41) is 0. The molecule has 0 saturated heterocycles. The number of rotatable bonds is 37. The molecule has 45 heavy (non-hydrogen) atoms. The highest BCUT2D eigenvalue weighted by molar-refractivity contribution is 4.84. The van der Waals surface area contributed by atoms with Crippen molar-refractivity contribution in [1.29, 1.82) is 0 Å². The minimum Gasteiger partial charge on any atom is -0.234 e. The van der Waals surface area contributed by atoms with Crippen molar-refractivity contribution in [3.63, 3.8) is 0 Å². The highest BCUT2D eigenvalue weighted by atomic mass is 15.1. The maximum absolute atomic E-state index is 2.62. The number of nitrogens with zero attached hydrogens (tertiary/aromatic N) is 2. The monoisotopic (exact) mass is 630 g/mol. The number of imidazole rings is 1. The molecule has 1 aromatic heterocycles. The summed E-state index contributed by atoms with van der Waals surface area (Å²) in [4.78, 5) is 0. The van der Waals surface area contributed by atoms with Crippen LogP contribution in [0.1, 0.15) is 245 Å². The van der Waals surface area contributed by atoms with Gasteiger partial charge in [0.25, 0.3) is 5.82 Å². The van der Waals surface area contributed by atoms with Gasteiger partial charge in [-0.15, -0.1) is 0 Å². The lowest BCUT2D eigenvalue weighted by atomic mass is 10.0. The van der Waals surface area contributed by atoms with Gasteiger partial charge in [0.15, 0.2) is 0 Å². The fourth-order valence-corrected chi connectivity index (χ4v) is 7.21. The van der Waals surface area contributed by atoms with Crippen LogP contribution in [0.4, 0.5) is 0 Å². The molecule has 0 bridgehead atoms. The second kappa shape index (κ2) is 34.5. The molecule has 2 heteroatoms. The summed E-state index contributed by atoms with van der Waals surface area (Å²) in [5.41, 5.74) is 0. The summed E-state index contributed by atoms with van der Waals surface area (Å²) in [6.45, 7) is 9.39. The number of unbranched alkanes of at least 4 members (excludes halogenated alkanes) is 31. The van der Waals surface area contributed by atoms with E-state index in [-0.39, 0.29) is 0 Å². The molecule has 0 amide bonds. The Morgan fingerprint density at radius 2 is 0.689 bits per heavy atom. The van der Waals surface area contributed by atoms with E-state index in [1.54, 1.807) is 5.82 Å². The Labute approximate surface area is 285 Å². The molecule has 0 saturated carbocycles. The summed E-state index contributed by atoms with van der Waals surface area (Å²) >= 11 is 0. The van der Waals surface area contributed by atoms with Crippen LogP contribution in [0.2, 0.25) is 0 Å². The van der Waals surface area contributed by atoms with Gasteiger partial charge in [0, 0.05) is 6.42 Å². The van der Waals surface area contributed by atoms with Crippen LogP contribution in [0.5, 0.6) is 0 Å². The fourth-order valence-electron chi connectivity index (χ4n) is 7.21. The van der Waals surface area contributed by atoms with Crippen LogP contribution in [0.25, 0.3) is 0 Å². The van der Waals surface area contributed by atoms with E-state index in [1.807, 2.05) is 0 Å². The smallest absolute Gasteiger partial charge is 0.234 e. The summed E-state index contributed by atoms with van der Waals surface area (Å²) in [7, 11) is 0. The van der Waals surface area contributed by atoms with Crippen LogP contribution in [0, 0.1) is 0 Å². The van der Waals surface area contributed by atoms with E-state index in [4.69, 9.17) is 0 Å². The maximum Gasteiger partial charge on any atom is 0.256 e. The largest absolute Gasteiger partial charge is 0.256 e. The van der Waals surface area contributed by atoms with Crippen molar-refractivity contribution in [2.75, 3.05) is 0 Å². The van der Waals surface area contributed by atoms with Crippen molar-refractivity contribution in [3.8, 4) is 0 Å². The van der Waals surface area contributed by atoms with Crippen molar-refractivity contribution in [1.82, 2.24) is 4.57 Å². The minimum atomic E-state index is 1.22. The second-order valence-electron chi connectivity index (χ2n) is 14.8. The molecule has 0 aliphatic carbocycles. The molecular formula is C43H85N2+. The van der Waals surface area contributed by atoms with E-state index >= 15 is 0 Å². The highest BCUT2D eigenvalue weighted by Crippen LogP contribution is 2.16. The van der Waals surface area contributed by atoms with Crippen molar-refractivity contribution >= 4 is 0 Å². The van der Waals surface area contributed by atoms with Crippen LogP contribution in [-0.2, 0) is 19.5 Å². The van der Waals surface area contributed by atoms with Gasteiger partial charge >= 0.3 is 0 Å². The molecule has 0 N–H and O–H groups in total. The van der Waals surface area contributed by atoms with Gasteiger partial charge in [-0.1, -0.05) is 207 Å². The van der Waals surface area contributed by atoms with Gasteiger partial charge in [0.2, 0.25) is 0 Å². The van der Waals surface area contributed by atoms with E-state index in [1.165, 1.54) is 238 Å². The SMILES string of the molecule is CCCCCCCCCCCCCCCCCCCc1n(CCCCC)cc[n+]1CCCCCCCCCCCCCCCC. The molecule has 0 unspecified atom stereocenters. The second-order valence-corrected chi connectivity index (χ2v) is 14.8. The molecule has 0 aliphatic heterocycles. The van der Waals surface area contributed by atoms with Crippen LogP contribution in [0.15, 0.2) is 12.4 Å². The van der Waals surface area contributed by atoms with Gasteiger partial charge in [-0.25, -0.2) is 9.13 Å². The number of aromatic nitrogens is 2. The highest BCUT2D eigenvalue weighted by Gasteiger charge is 2.16. The average molecular weight is 630 g/mol. The third-order valence-corrected chi connectivity index (χ3v) is 10.3. The lowest BCUT2D eigenvalue weighted by Crippen LogP contribution is -2.37. The molecule has 0 aliphatic rings.